The van der Waals surface area contributed by atoms with Crippen molar-refractivity contribution >= 4 is 47.8 Å². The van der Waals surface area contributed by atoms with Crippen LogP contribution in [0.5, 0.6) is 0 Å². The van der Waals surface area contributed by atoms with E-state index in [1.165, 1.54) is 191 Å². The second kappa shape index (κ2) is 57.5. The number of benzene rings is 2. The standard InChI is InChI=1S/2C23H34O4.2C8H17.Sn/c2*1-2-3-4-5-6-7-8-9-10-11-12-13-16-19-27-23(26)21-18-15-14-17-20(21)22(24)25;2*1-3-5-7-8-6-4-2;/h2*6-7,14-15,17-18H,2-5,8-13,16,19H2,1H3,(H,24,25);2*1,3-8H2,2H3;/q;;;;+2/p-2/b2*7-6+;;;. The SMILES string of the molecule is CCCCC/C=C/CCCCCCCCOC(=O)c1ccccc1C(=O)[O-].CCCCC/C=C/CCCCCCCCOC(=O)c1ccccc1C(=O)[O-].[CH2]CCCCCCC.[CH2]CCCCCCC.[Sn+2]. The van der Waals surface area contributed by atoms with E-state index >= 15 is 0 Å². The molecule has 0 aliphatic heterocycles. The van der Waals surface area contributed by atoms with Gasteiger partial charge in [0.1, 0.15) is 0 Å². The summed E-state index contributed by atoms with van der Waals surface area (Å²) in [5, 5.41) is 22.0. The number of rotatable bonds is 40. The first-order valence-corrected chi connectivity index (χ1v) is 28.0. The molecule has 0 aromatic heterocycles. The Hall–Kier alpha value is -3.40. The maximum Gasteiger partial charge on any atom is 2.00 e. The van der Waals surface area contributed by atoms with Gasteiger partial charge in [0.05, 0.1) is 36.3 Å². The fourth-order valence-electron chi connectivity index (χ4n) is 7.36. The first-order chi connectivity index (χ1) is 34.2. The fourth-order valence-corrected chi connectivity index (χ4v) is 7.36. The van der Waals surface area contributed by atoms with Crippen molar-refractivity contribution in [1.29, 1.82) is 0 Å². The van der Waals surface area contributed by atoms with Crippen molar-refractivity contribution in [2.45, 2.75) is 246 Å². The number of hydrogen-bond donors (Lipinski definition) is 0. The van der Waals surface area contributed by atoms with E-state index in [2.05, 4.69) is 65.8 Å². The minimum atomic E-state index is -1.36. The zero-order valence-corrected chi connectivity index (χ0v) is 48.4. The summed E-state index contributed by atoms with van der Waals surface area (Å²) in [5.74, 6) is -3.92. The Morgan fingerprint density at radius 1 is 0.380 bits per heavy atom. The van der Waals surface area contributed by atoms with E-state index in [4.69, 9.17) is 9.47 Å². The van der Waals surface area contributed by atoms with Gasteiger partial charge in [-0.25, -0.2) is 9.59 Å². The van der Waals surface area contributed by atoms with Crippen LogP contribution >= 0.6 is 0 Å². The molecule has 8 nitrogen and oxygen atoms in total. The predicted octanol–water partition coefficient (Wildman–Crippen LogP) is 16.1. The molecule has 0 saturated heterocycles. The van der Waals surface area contributed by atoms with Gasteiger partial charge in [-0.3, -0.25) is 0 Å². The number of carbonyl (C=O) groups excluding carboxylic acids is 4. The quantitative estimate of drug-likeness (QED) is 0.0279. The van der Waals surface area contributed by atoms with Gasteiger partial charge in [0.2, 0.25) is 0 Å². The Labute approximate surface area is 452 Å². The Kier molecular flexibility index (Phi) is 58.2. The van der Waals surface area contributed by atoms with Crippen molar-refractivity contribution in [3.05, 3.63) is 109 Å². The average Bonchev–Trinajstić information content (AvgIpc) is 3.37. The number of carbonyl (C=O) groups is 4. The Bertz CT molecular complexity index is 1440. The summed E-state index contributed by atoms with van der Waals surface area (Å²) in [6.45, 7) is 17.1. The maximum atomic E-state index is 12.0. The molecule has 71 heavy (non-hydrogen) atoms. The van der Waals surface area contributed by atoms with E-state index in [0.717, 1.165) is 51.4 Å². The van der Waals surface area contributed by atoms with Crippen LogP contribution in [0, 0.1) is 13.8 Å². The van der Waals surface area contributed by atoms with E-state index in [1.54, 1.807) is 24.3 Å². The number of ether oxygens (including phenoxy) is 2. The van der Waals surface area contributed by atoms with Gasteiger partial charge in [-0.2, -0.15) is 0 Å². The molecule has 0 heterocycles. The minimum Gasteiger partial charge on any atom is -0.545 e. The van der Waals surface area contributed by atoms with Crippen molar-refractivity contribution in [3.63, 3.8) is 0 Å². The van der Waals surface area contributed by atoms with Crippen LogP contribution in [0.3, 0.4) is 0 Å². The van der Waals surface area contributed by atoms with Crippen LogP contribution < -0.4 is 10.2 Å². The summed E-state index contributed by atoms with van der Waals surface area (Å²) in [4.78, 5) is 45.9. The third-order valence-corrected chi connectivity index (χ3v) is 11.7. The molecule has 4 radical (unpaired) electrons. The Balaban J connectivity index is -0.000000986. The van der Waals surface area contributed by atoms with Crippen molar-refractivity contribution < 1.29 is 38.9 Å². The smallest absolute Gasteiger partial charge is 0.545 e. The molecule has 0 fully saturated rings. The van der Waals surface area contributed by atoms with Gasteiger partial charge in [0.15, 0.2) is 0 Å². The number of esters is 2. The van der Waals surface area contributed by atoms with Crippen LogP contribution in [-0.2, 0) is 9.47 Å². The van der Waals surface area contributed by atoms with Gasteiger partial charge >= 0.3 is 35.8 Å². The maximum absolute atomic E-state index is 12.0. The number of unbranched alkanes of at least 4 members (excludes halogenated alkanes) is 28. The zero-order valence-electron chi connectivity index (χ0n) is 45.6. The molecule has 0 amide bonds. The fraction of sp³-hybridized carbons (Fsp3) is 0.645. The van der Waals surface area contributed by atoms with Gasteiger partial charge in [0.25, 0.3) is 0 Å². The molecule has 0 aliphatic carbocycles. The average molecular weight is 1090 g/mol. The molecular weight excluding hydrogens is 991 g/mol. The molecule has 0 saturated carbocycles. The van der Waals surface area contributed by atoms with Gasteiger partial charge in [-0.05, 0) is 76.3 Å². The van der Waals surface area contributed by atoms with Gasteiger partial charge in [-0.1, -0.05) is 256 Å². The normalized spacial score (nSPS) is 10.6. The second-order valence-corrected chi connectivity index (χ2v) is 18.2. The van der Waals surface area contributed by atoms with Crippen LogP contribution in [0.25, 0.3) is 0 Å². The summed E-state index contributed by atoms with van der Waals surface area (Å²) in [6, 6.07) is 12.0. The molecule has 0 unspecified atom stereocenters. The molecule has 2 aromatic rings. The molecule has 0 aliphatic rings. The Morgan fingerprint density at radius 2 is 0.620 bits per heavy atom. The monoisotopic (exact) mass is 1090 g/mol. The molecule has 400 valence electrons. The molecule has 9 heteroatoms. The van der Waals surface area contributed by atoms with E-state index < -0.39 is 23.9 Å². The van der Waals surface area contributed by atoms with Crippen LogP contribution in [-0.4, -0.2) is 61.0 Å². The van der Waals surface area contributed by atoms with E-state index in [1.807, 2.05) is 0 Å². The van der Waals surface area contributed by atoms with E-state index in [-0.39, 0.29) is 46.2 Å². The third-order valence-electron chi connectivity index (χ3n) is 11.7. The summed E-state index contributed by atoms with van der Waals surface area (Å²) >= 11 is 0. The van der Waals surface area contributed by atoms with Gasteiger partial charge < -0.3 is 29.3 Å². The van der Waals surface area contributed by atoms with Crippen LogP contribution in [0.2, 0.25) is 0 Å². The van der Waals surface area contributed by atoms with Crippen LogP contribution in [0.15, 0.2) is 72.8 Å². The van der Waals surface area contributed by atoms with Crippen molar-refractivity contribution in [2.75, 3.05) is 13.2 Å². The predicted molar refractivity (Wildman–Crippen MR) is 297 cm³/mol. The number of hydrogen-bond acceptors (Lipinski definition) is 8. The molecule has 0 spiro atoms. The second-order valence-electron chi connectivity index (χ2n) is 18.2. The molecular formula is C62H100O8Sn. The topological polar surface area (TPSA) is 133 Å². The van der Waals surface area contributed by atoms with Crippen molar-refractivity contribution in [1.82, 2.24) is 0 Å². The molecule has 0 atom stereocenters. The largest absolute Gasteiger partial charge is 2.00 e. The van der Waals surface area contributed by atoms with E-state index in [0.29, 0.717) is 13.2 Å². The molecule has 0 bridgehead atoms. The molecule has 2 rings (SSSR count). The molecule has 0 N–H and O–H groups in total. The van der Waals surface area contributed by atoms with E-state index in [9.17, 15) is 29.4 Å². The number of carboxylic acids is 2. The van der Waals surface area contributed by atoms with Gasteiger partial charge in [0, 0.05) is 11.1 Å². The molecule has 2 aromatic carbocycles. The van der Waals surface area contributed by atoms with Crippen molar-refractivity contribution in [2.24, 2.45) is 0 Å². The zero-order chi connectivity index (χ0) is 52.0. The first-order valence-electron chi connectivity index (χ1n) is 28.0. The van der Waals surface area contributed by atoms with Crippen molar-refractivity contribution in [3.8, 4) is 0 Å². The number of aromatic carboxylic acids is 2. The summed E-state index contributed by atoms with van der Waals surface area (Å²) in [6.07, 6.45) is 51.0. The minimum absolute atomic E-state index is 0. The van der Waals surface area contributed by atoms with Crippen LogP contribution in [0.1, 0.15) is 287 Å². The third kappa shape index (κ3) is 47.4. The first kappa shape index (κ1) is 71.8. The number of allylic oxidation sites excluding steroid dienone is 4. The van der Waals surface area contributed by atoms with Crippen LogP contribution in [0.4, 0.5) is 0 Å². The summed E-state index contributed by atoms with van der Waals surface area (Å²) < 4.78 is 10.4. The summed E-state index contributed by atoms with van der Waals surface area (Å²) in [5.41, 5.74) is -0.135. The Morgan fingerprint density at radius 3 is 0.915 bits per heavy atom. The van der Waals surface area contributed by atoms with Gasteiger partial charge in [-0.15, -0.1) is 0 Å². The summed E-state index contributed by atoms with van der Waals surface area (Å²) in [7, 11) is 0. The number of carboxylic acid groups (broad SMARTS) is 2.